The Bertz CT molecular complexity index is 805. The van der Waals surface area contributed by atoms with Crippen molar-refractivity contribution in [1.82, 2.24) is 0 Å². The standard InChI is InChI=1S/C14H11NO3/c1-17-11-7-6-9(15)12-13(16)8-4-2-3-5-10(8)18-14(11)12/h2-7H,15H2,1H3. The molecule has 2 N–H and O–H groups in total. The molecule has 0 aliphatic carbocycles. The van der Waals surface area contributed by atoms with Gasteiger partial charge < -0.3 is 14.9 Å². The predicted molar refractivity (Wildman–Crippen MR) is 71.0 cm³/mol. The number of rotatable bonds is 1. The molecule has 4 heteroatoms. The van der Waals surface area contributed by atoms with Gasteiger partial charge in [0.1, 0.15) is 5.58 Å². The van der Waals surface area contributed by atoms with E-state index in [1.54, 1.807) is 30.3 Å². The van der Waals surface area contributed by atoms with Gasteiger partial charge in [-0.25, -0.2) is 0 Å². The summed E-state index contributed by atoms with van der Waals surface area (Å²) < 4.78 is 10.9. The van der Waals surface area contributed by atoms with Gasteiger partial charge in [-0.2, -0.15) is 0 Å². The van der Waals surface area contributed by atoms with Crippen LogP contribution in [0.1, 0.15) is 0 Å². The summed E-state index contributed by atoms with van der Waals surface area (Å²) in [5.74, 6) is 0.502. The lowest BCUT2D eigenvalue weighted by Gasteiger charge is -2.07. The van der Waals surface area contributed by atoms with Crippen molar-refractivity contribution in [3.8, 4) is 5.75 Å². The van der Waals surface area contributed by atoms with Crippen molar-refractivity contribution in [3.63, 3.8) is 0 Å². The van der Waals surface area contributed by atoms with Crippen molar-refractivity contribution in [1.29, 1.82) is 0 Å². The lowest BCUT2D eigenvalue weighted by atomic mass is 10.1. The van der Waals surface area contributed by atoms with Gasteiger partial charge in [-0.1, -0.05) is 12.1 Å². The lowest BCUT2D eigenvalue weighted by molar-refractivity contribution is 0.411. The van der Waals surface area contributed by atoms with Crippen LogP contribution in [0.15, 0.2) is 45.6 Å². The monoisotopic (exact) mass is 241 g/mol. The first-order valence-electron chi connectivity index (χ1n) is 5.50. The fraction of sp³-hybridized carbons (Fsp3) is 0.0714. The van der Waals surface area contributed by atoms with Gasteiger partial charge in [0.25, 0.3) is 0 Å². The average molecular weight is 241 g/mol. The summed E-state index contributed by atoms with van der Waals surface area (Å²) in [6.07, 6.45) is 0. The largest absolute Gasteiger partial charge is 0.493 e. The lowest BCUT2D eigenvalue weighted by Crippen LogP contribution is -2.05. The highest BCUT2D eigenvalue weighted by Crippen LogP contribution is 2.30. The molecule has 1 aromatic heterocycles. The number of fused-ring (bicyclic) bond motifs is 2. The highest BCUT2D eigenvalue weighted by molar-refractivity contribution is 5.98. The molecule has 0 aliphatic rings. The molecule has 3 rings (SSSR count). The van der Waals surface area contributed by atoms with Gasteiger partial charge in [-0.15, -0.1) is 0 Å². The Morgan fingerprint density at radius 3 is 2.72 bits per heavy atom. The topological polar surface area (TPSA) is 65.5 Å². The maximum Gasteiger partial charge on any atom is 0.202 e. The number of nitrogen functional groups attached to an aromatic ring is 1. The number of para-hydroxylation sites is 1. The number of hydrogen-bond acceptors (Lipinski definition) is 4. The SMILES string of the molecule is COc1ccc(N)c2c(=O)c3ccccc3oc12. The maximum absolute atomic E-state index is 12.4. The second-order valence-corrected chi connectivity index (χ2v) is 3.99. The molecule has 0 amide bonds. The van der Waals surface area contributed by atoms with E-state index in [-0.39, 0.29) is 5.43 Å². The summed E-state index contributed by atoms with van der Waals surface area (Å²) >= 11 is 0. The van der Waals surface area contributed by atoms with E-state index in [1.165, 1.54) is 7.11 Å². The Balaban J connectivity index is 2.63. The van der Waals surface area contributed by atoms with E-state index in [0.29, 0.717) is 33.4 Å². The smallest absolute Gasteiger partial charge is 0.202 e. The fourth-order valence-electron chi connectivity index (χ4n) is 2.06. The van der Waals surface area contributed by atoms with Gasteiger partial charge in [0.15, 0.2) is 11.3 Å². The quantitative estimate of drug-likeness (QED) is 0.525. The van der Waals surface area contributed by atoms with E-state index in [1.807, 2.05) is 6.07 Å². The molecule has 0 fully saturated rings. The number of nitrogens with two attached hydrogens (primary N) is 1. The van der Waals surface area contributed by atoms with Crippen LogP contribution in [0.5, 0.6) is 5.75 Å². The third kappa shape index (κ3) is 1.35. The molecular weight excluding hydrogens is 230 g/mol. The first-order valence-corrected chi connectivity index (χ1v) is 5.50. The molecule has 0 bridgehead atoms. The van der Waals surface area contributed by atoms with Crippen LogP contribution in [0.3, 0.4) is 0 Å². The van der Waals surface area contributed by atoms with Gasteiger partial charge in [0.2, 0.25) is 5.43 Å². The van der Waals surface area contributed by atoms with Crippen LogP contribution in [-0.4, -0.2) is 7.11 Å². The summed E-state index contributed by atoms with van der Waals surface area (Å²) in [7, 11) is 1.53. The summed E-state index contributed by atoms with van der Waals surface area (Å²) in [4.78, 5) is 12.4. The molecule has 4 nitrogen and oxygen atoms in total. The van der Waals surface area contributed by atoms with Crippen LogP contribution in [-0.2, 0) is 0 Å². The van der Waals surface area contributed by atoms with E-state index in [0.717, 1.165) is 0 Å². The number of methoxy groups -OCH3 is 1. The minimum absolute atomic E-state index is 0.136. The Kier molecular flexibility index (Phi) is 2.23. The Hall–Kier alpha value is -2.49. The highest BCUT2D eigenvalue weighted by Gasteiger charge is 2.13. The number of anilines is 1. The third-order valence-corrected chi connectivity index (χ3v) is 2.94. The number of benzene rings is 2. The molecule has 18 heavy (non-hydrogen) atoms. The zero-order chi connectivity index (χ0) is 12.7. The van der Waals surface area contributed by atoms with Crippen LogP contribution in [0.25, 0.3) is 21.9 Å². The molecule has 3 aromatic rings. The van der Waals surface area contributed by atoms with Gasteiger partial charge in [-0.05, 0) is 24.3 Å². The first kappa shape index (κ1) is 10.7. The number of ether oxygens (including phenoxy) is 1. The summed E-state index contributed by atoms with van der Waals surface area (Å²) in [5.41, 5.74) is 7.03. The van der Waals surface area contributed by atoms with Crippen LogP contribution in [0.4, 0.5) is 5.69 Å². The zero-order valence-corrected chi connectivity index (χ0v) is 9.77. The molecule has 0 aliphatic heterocycles. The Labute approximate surface area is 103 Å². The van der Waals surface area contributed by atoms with Crippen LogP contribution >= 0.6 is 0 Å². The predicted octanol–water partition coefficient (Wildman–Crippen LogP) is 2.54. The van der Waals surface area contributed by atoms with E-state index in [2.05, 4.69) is 0 Å². The minimum Gasteiger partial charge on any atom is -0.493 e. The molecule has 0 saturated heterocycles. The highest BCUT2D eigenvalue weighted by atomic mass is 16.5. The van der Waals surface area contributed by atoms with E-state index in [9.17, 15) is 4.79 Å². The van der Waals surface area contributed by atoms with Crippen molar-refractivity contribution < 1.29 is 9.15 Å². The fourth-order valence-corrected chi connectivity index (χ4v) is 2.06. The summed E-state index contributed by atoms with van der Waals surface area (Å²) in [5, 5.41) is 0.887. The molecule has 2 aromatic carbocycles. The Morgan fingerprint density at radius 1 is 1.17 bits per heavy atom. The van der Waals surface area contributed by atoms with Gasteiger partial charge in [0, 0.05) is 5.69 Å². The van der Waals surface area contributed by atoms with Crippen molar-refractivity contribution in [2.75, 3.05) is 12.8 Å². The molecule has 1 heterocycles. The first-order chi connectivity index (χ1) is 8.72. The van der Waals surface area contributed by atoms with E-state index < -0.39 is 0 Å². The number of hydrogen-bond donors (Lipinski definition) is 1. The molecule has 0 saturated carbocycles. The average Bonchev–Trinajstić information content (AvgIpc) is 2.39. The van der Waals surface area contributed by atoms with E-state index in [4.69, 9.17) is 14.9 Å². The van der Waals surface area contributed by atoms with Crippen LogP contribution in [0.2, 0.25) is 0 Å². The van der Waals surface area contributed by atoms with Crippen molar-refractivity contribution in [2.24, 2.45) is 0 Å². The zero-order valence-electron chi connectivity index (χ0n) is 9.77. The summed E-state index contributed by atoms with van der Waals surface area (Å²) in [6.45, 7) is 0. The van der Waals surface area contributed by atoms with Crippen LogP contribution < -0.4 is 15.9 Å². The van der Waals surface area contributed by atoms with Crippen molar-refractivity contribution in [2.45, 2.75) is 0 Å². The molecule has 0 spiro atoms. The van der Waals surface area contributed by atoms with Gasteiger partial charge >= 0.3 is 0 Å². The summed E-state index contributed by atoms with van der Waals surface area (Å²) in [6, 6.07) is 10.4. The third-order valence-electron chi connectivity index (χ3n) is 2.94. The molecule has 0 atom stereocenters. The second-order valence-electron chi connectivity index (χ2n) is 3.99. The molecule has 90 valence electrons. The normalized spacial score (nSPS) is 10.9. The second kappa shape index (κ2) is 3.77. The Morgan fingerprint density at radius 2 is 1.94 bits per heavy atom. The van der Waals surface area contributed by atoms with Gasteiger partial charge in [0.05, 0.1) is 17.9 Å². The maximum atomic E-state index is 12.4. The molecule has 0 radical (unpaired) electrons. The van der Waals surface area contributed by atoms with Crippen molar-refractivity contribution >= 4 is 27.6 Å². The van der Waals surface area contributed by atoms with Crippen molar-refractivity contribution in [3.05, 3.63) is 46.6 Å². The minimum atomic E-state index is -0.136. The molecule has 0 unspecified atom stereocenters. The van der Waals surface area contributed by atoms with E-state index >= 15 is 0 Å². The van der Waals surface area contributed by atoms with Crippen LogP contribution in [0, 0.1) is 0 Å². The van der Waals surface area contributed by atoms with Gasteiger partial charge in [-0.3, -0.25) is 4.79 Å². The molecular formula is C14H11NO3.